The molecular formula is C33H52ClN3O. The van der Waals surface area contributed by atoms with Crippen molar-refractivity contribution >= 4 is 24.2 Å². The van der Waals surface area contributed by atoms with E-state index < -0.39 is 0 Å². The maximum Gasteiger partial charge on any atom is 0.253 e. The Labute approximate surface area is 238 Å². The number of aliphatic imine (C=N–C) groups is 1. The topological polar surface area (TPSA) is 44.7 Å². The molecule has 38 heavy (non-hydrogen) atoms. The van der Waals surface area contributed by atoms with E-state index in [0.29, 0.717) is 34.4 Å². The van der Waals surface area contributed by atoms with Gasteiger partial charge in [-0.05, 0) is 87.6 Å². The highest BCUT2D eigenvalue weighted by Crippen LogP contribution is 2.41. The molecule has 1 aliphatic heterocycles. The minimum atomic E-state index is -0.114. The first-order valence-electron chi connectivity index (χ1n) is 14.7. The zero-order valence-electron chi connectivity index (χ0n) is 25.0. The average molecular weight is 542 g/mol. The Morgan fingerprint density at radius 2 is 1.89 bits per heavy atom. The molecule has 0 aromatic rings. The van der Waals surface area contributed by atoms with Crippen LogP contribution in [0, 0.1) is 17.3 Å². The molecule has 0 aromatic heterocycles. The molecule has 1 saturated heterocycles. The Bertz CT molecular complexity index is 961. The normalized spacial score (nSPS) is 19.9. The summed E-state index contributed by atoms with van der Waals surface area (Å²) in [5.74, 6) is 0.944. The Balaban J connectivity index is 2.34. The highest BCUT2D eigenvalue weighted by atomic mass is 35.5. The van der Waals surface area contributed by atoms with Crippen molar-refractivity contribution in [3.63, 3.8) is 0 Å². The lowest BCUT2D eigenvalue weighted by Crippen LogP contribution is -2.57. The molecule has 0 bridgehead atoms. The van der Waals surface area contributed by atoms with Gasteiger partial charge in [-0.1, -0.05) is 83.2 Å². The number of allylic oxidation sites excluding steroid dienone is 7. The van der Waals surface area contributed by atoms with Crippen molar-refractivity contribution in [3.8, 4) is 0 Å². The predicted octanol–water partition coefficient (Wildman–Crippen LogP) is 8.72. The molecule has 2 rings (SSSR count). The summed E-state index contributed by atoms with van der Waals surface area (Å²) in [6, 6.07) is 0. The molecule has 2 aliphatic rings. The van der Waals surface area contributed by atoms with Gasteiger partial charge in [0.15, 0.2) is 0 Å². The lowest BCUT2D eigenvalue weighted by molar-refractivity contribution is -0.117. The van der Waals surface area contributed by atoms with Gasteiger partial charge >= 0.3 is 0 Å². The number of hydrogen-bond acceptors (Lipinski definition) is 3. The summed E-state index contributed by atoms with van der Waals surface area (Å²) in [5.41, 5.74) is 4.31. The van der Waals surface area contributed by atoms with Gasteiger partial charge in [-0.3, -0.25) is 14.7 Å². The molecule has 212 valence electrons. The second kappa shape index (κ2) is 15.6. The van der Waals surface area contributed by atoms with Crippen LogP contribution in [0.1, 0.15) is 99.3 Å². The van der Waals surface area contributed by atoms with E-state index in [1.807, 2.05) is 26.0 Å². The Hall–Kier alpha value is -1.91. The number of rotatable bonds is 17. The van der Waals surface area contributed by atoms with Crippen molar-refractivity contribution in [1.29, 1.82) is 0 Å². The number of amides is 1. The zero-order chi connectivity index (χ0) is 28.3. The standard InChI is InChI=1S/C33H52ClN3O/c1-9-12-13-18-33(11-3)22-37(23-33)21-29(26(7)31(34)30(35-8)20-27-15-16-27)32(38)36-28(19-24(4)5)17-14-25(6)10-2/h14,17,19,25,27H,4,8-13,15-16,18,20-23H2,1-3,5-7H3,(H,36,38)/b17-14-,28-19+,29-26+,31-30+. The molecule has 1 aliphatic carbocycles. The molecule has 4 nitrogen and oxygen atoms in total. The van der Waals surface area contributed by atoms with Gasteiger partial charge in [0, 0.05) is 30.9 Å². The summed E-state index contributed by atoms with van der Waals surface area (Å²) in [5, 5.41) is 3.74. The maximum absolute atomic E-state index is 13.8. The quantitative estimate of drug-likeness (QED) is 0.0865. The number of halogens is 1. The van der Waals surface area contributed by atoms with Crippen LogP contribution in [-0.4, -0.2) is 37.2 Å². The van der Waals surface area contributed by atoms with Crippen LogP contribution in [0.25, 0.3) is 0 Å². The Morgan fingerprint density at radius 1 is 1.21 bits per heavy atom. The molecule has 0 spiro atoms. The number of hydrogen-bond donors (Lipinski definition) is 1. The SMILES string of the molecule is C=N/C(CC1CC1)=C(Cl)\C(C)=C(/CN1CC(CC)(CCCCC)C1)C(=O)NC(/C=C\C(C)CC)=C/C(=C)C. The Kier molecular flexibility index (Phi) is 13.3. The number of unbranched alkanes of at least 4 members (excludes halogenated alkanes) is 2. The summed E-state index contributed by atoms with van der Waals surface area (Å²) in [6.07, 6.45) is 16.6. The van der Waals surface area contributed by atoms with Crippen molar-refractivity contribution in [2.24, 2.45) is 22.2 Å². The number of carbonyl (C=O) groups excluding carboxylic acids is 1. The molecule has 1 heterocycles. The van der Waals surface area contributed by atoms with Gasteiger partial charge in [0.25, 0.3) is 5.91 Å². The summed E-state index contributed by atoms with van der Waals surface area (Å²) >= 11 is 6.91. The zero-order valence-corrected chi connectivity index (χ0v) is 25.7. The van der Waals surface area contributed by atoms with E-state index in [4.69, 9.17) is 11.6 Å². The molecule has 1 amide bonds. The highest BCUT2D eigenvalue weighted by molar-refractivity contribution is 6.32. The average Bonchev–Trinajstić information content (AvgIpc) is 3.69. The van der Waals surface area contributed by atoms with Crippen LogP contribution in [0.5, 0.6) is 0 Å². The van der Waals surface area contributed by atoms with Crippen LogP contribution in [0.15, 0.2) is 62.9 Å². The van der Waals surface area contributed by atoms with Gasteiger partial charge < -0.3 is 5.32 Å². The first-order chi connectivity index (χ1) is 18.1. The third-order valence-electron chi connectivity index (χ3n) is 8.15. The molecule has 0 radical (unpaired) electrons. The highest BCUT2D eigenvalue weighted by Gasteiger charge is 2.41. The third kappa shape index (κ3) is 10.0. The van der Waals surface area contributed by atoms with Crippen LogP contribution < -0.4 is 5.32 Å². The van der Waals surface area contributed by atoms with Gasteiger partial charge in [0.1, 0.15) is 0 Å². The van der Waals surface area contributed by atoms with Crippen molar-refractivity contribution in [2.45, 2.75) is 99.3 Å². The van der Waals surface area contributed by atoms with Gasteiger partial charge in [0.05, 0.1) is 10.7 Å². The van der Waals surface area contributed by atoms with Crippen molar-refractivity contribution < 1.29 is 4.79 Å². The molecule has 5 heteroatoms. The molecule has 2 fully saturated rings. The van der Waals surface area contributed by atoms with Gasteiger partial charge in [-0.2, -0.15) is 0 Å². The minimum absolute atomic E-state index is 0.114. The summed E-state index contributed by atoms with van der Waals surface area (Å²) < 4.78 is 0. The smallest absolute Gasteiger partial charge is 0.253 e. The maximum atomic E-state index is 13.8. The molecule has 1 saturated carbocycles. The summed E-state index contributed by atoms with van der Waals surface area (Å²) in [7, 11) is 0. The number of carbonyl (C=O) groups is 1. The summed E-state index contributed by atoms with van der Waals surface area (Å²) in [4.78, 5) is 20.5. The summed E-state index contributed by atoms with van der Waals surface area (Å²) in [6.45, 7) is 23.2. The molecular weight excluding hydrogens is 490 g/mol. The molecule has 0 aromatic carbocycles. The monoisotopic (exact) mass is 541 g/mol. The van der Waals surface area contributed by atoms with Crippen molar-refractivity contribution in [3.05, 3.63) is 58.0 Å². The first kappa shape index (κ1) is 32.3. The largest absolute Gasteiger partial charge is 0.322 e. The number of nitrogens with zero attached hydrogens (tertiary/aromatic N) is 2. The minimum Gasteiger partial charge on any atom is -0.322 e. The van der Waals surface area contributed by atoms with E-state index in [-0.39, 0.29) is 5.91 Å². The third-order valence-corrected chi connectivity index (χ3v) is 8.65. The van der Waals surface area contributed by atoms with Crippen LogP contribution in [-0.2, 0) is 4.79 Å². The molecule has 1 N–H and O–H groups in total. The molecule has 1 unspecified atom stereocenters. The van der Waals surface area contributed by atoms with Gasteiger partial charge in [-0.15, -0.1) is 0 Å². The van der Waals surface area contributed by atoms with Crippen LogP contribution in [0.4, 0.5) is 0 Å². The van der Waals surface area contributed by atoms with Gasteiger partial charge in [0.2, 0.25) is 0 Å². The molecule has 1 atom stereocenters. The fourth-order valence-corrected chi connectivity index (χ4v) is 5.33. The van der Waals surface area contributed by atoms with E-state index >= 15 is 0 Å². The van der Waals surface area contributed by atoms with E-state index in [1.54, 1.807) is 0 Å². The van der Waals surface area contributed by atoms with E-state index in [0.717, 1.165) is 48.5 Å². The van der Waals surface area contributed by atoms with Crippen LogP contribution in [0.2, 0.25) is 0 Å². The van der Waals surface area contributed by atoms with Crippen LogP contribution >= 0.6 is 11.6 Å². The lowest BCUT2D eigenvalue weighted by Gasteiger charge is -2.51. The number of likely N-dealkylation sites (tertiary alicyclic amines) is 1. The van der Waals surface area contributed by atoms with Crippen molar-refractivity contribution in [1.82, 2.24) is 10.2 Å². The number of nitrogens with one attached hydrogen (secondary N) is 1. The fourth-order valence-electron chi connectivity index (χ4n) is 5.08. The first-order valence-corrected chi connectivity index (χ1v) is 15.1. The lowest BCUT2D eigenvalue weighted by atomic mass is 9.73. The second-order valence-corrected chi connectivity index (χ2v) is 12.1. The van der Waals surface area contributed by atoms with Crippen molar-refractivity contribution in [2.75, 3.05) is 19.6 Å². The Morgan fingerprint density at radius 3 is 2.42 bits per heavy atom. The van der Waals surface area contributed by atoms with E-state index in [9.17, 15) is 4.79 Å². The van der Waals surface area contributed by atoms with E-state index in [2.05, 4.69) is 62.3 Å². The van der Waals surface area contributed by atoms with E-state index in [1.165, 1.54) is 44.9 Å². The second-order valence-electron chi connectivity index (χ2n) is 11.8. The fraction of sp³-hybridized carbons (Fsp3) is 0.636. The van der Waals surface area contributed by atoms with Crippen LogP contribution in [0.3, 0.4) is 0 Å². The predicted molar refractivity (Wildman–Crippen MR) is 165 cm³/mol. The van der Waals surface area contributed by atoms with Gasteiger partial charge in [-0.25, -0.2) is 0 Å².